The molecule has 0 fully saturated rings. The van der Waals surface area contributed by atoms with Gasteiger partial charge in [-0.2, -0.15) is 4.39 Å². The van der Waals surface area contributed by atoms with Crippen molar-refractivity contribution in [3.8, 4) is 0 Å². The smallest absolute Gasteiger partial charge is 0.324 e. The lowest BCUT2D eigenvalue weighted by Crippen LogP contribution is -2.33. The molecular weight excluding hydrogens is 357 g/mol. The van der Waals surface area contributed by atoms with E-state index in [4.69, 9.17) is 16.7 Å². The number of β-amino-alcohol motifs (C(OH)–C–C–N with tert-alkyl or cyclic N) is 1. The van der Waals surface area contributed by atoms with Gasteiger partial charge in [-0.3, -0.25) is 0 Å². The standard InChI is InChI=1S/C15H13ClFN3O3S/c16-11-3-1-10(2-4-11)14-19-15(17,21)9-20(14)12-5-7-13(8-6-12)24(18,22)23/h1-8,21H,9H2,(H2,18,22,23). The zero-order chi connectivity index (χ0) is 17.5. The van der Waals surface area contributed by atoms with Crippen LogP contribution in [0, 0.1) is 0 Å². The van der Waals surface area contributed by atoms with Crippen molar-refractivity contribution in [2.75, 3.05) is 11.4 Å². The number of primary sulfonamides is 1. The van der Waals surface area contributed by atoms with Crippen LogP contribution in [0.2, 0.25) is 5.02 Å². The Labute approximate surface area is 143 Å². The molecule has 1 atom stereocenters. The Morgan fingerprint density at radius 2 is 1.75 bits per heavy atom. The van der Waals surface area contributed by atoms with Gasteiger partial charge < -0.3 is 10.0 Å². The summed E-state index contributed by atoms with van der Waals surface area (Å²) in [5.41, 5.74) is 1.02. The molecule has 9 heteroatoms. The average Bonchev–Trinajstić information content (AvgIpc) is 2.83. The van der Waals surface area contributed by atoms with E-state index in [9.17, 15) is 17.9 Å². The lowest BCUT2D eigenvalue weighted by Gasteiger charge is -2.21. The molecule has 2 aromatic carbocycles. The van der Waals surface area contributed by atoms with E-state index in [1.165, 1.54) is 29.2 Å². The predicted molar refractivity (Wildman–Crippen MR) is 89.2 cm³/mol. The van der Waals surface area contributed by atoms with Gasteiger partial charge in [0, 0.05) is 16.3 Å². The molecule has 3 rings (SSSR count). The molecule has 0 radical (unpaired) electrons. The van der Waals surface area contributed by atoms with Gasteiger partial charge in [0.2, 0.25) is 10.0 Å². The molecule has 0 spiro atoms. The molecule has 126 valence electrons. The molecule has 0 saturated carbocycles. The first-order valence-electron chi connectivity index (χ1n) is 6.83. The van der Waals surface area contributed by atoms with Crippen molar-refractivity contribution in [2.45, 2.75) is 10.9 Å². The van der Waals surface area contributed by atoms with E-state index >= 15 is 0 Å². The molecule has 3 N–H and O–H groups in total. The number of sulfonamides is 1. The summed E-state index contributed by atoms with van der Waals surface area (Å²) in [5.74, 6) is -2.53. The number of benzene rings is 2. The van der Waals surface area contributed by atoms with Crippen molar-refractivity contribution in [3.05, 3.63) is 59.1 Å². The number of amidine groups is 1. The number of nitrogens with two attached hydrogens (primary N) is 1. The minimum atomic E-state index is -3.82. The van der Waals surface area contributed by atoms with E-state index in [1.54, 1.807) is 24.3 Å². The van der Waals surface area contributed by atoms with Crippen molar-refractivity contribution in [2.24, 2.45) is 10.1 Å². The monoisotopic (exact) mass is 369 g/mol. The number of nitrogens with zero attached hydrogens (tertiary/aromatic N) is 2. The van der Waals surface area contributed by atoms with Gasteiger partial charge in [0.1, 0.15) is 12.4 Å². The molecule has 1 aliphatic heterocycles. The molecular formula is C15H13ClFN3O3S. The van der Waals surface area contributed by atoms with Crippen molar-refractivity contribution < 1.29 is 17.9 Å². The number of halogens is 2. The second kappa shape index (κ2) is 5.82. The first kappa shape index (κ1) is 16.8. The van der Waals surface area contributed by atoms with Crippen LogP contribution in [-0.2, 0) is 10.0 Å². The van der Waals surface area contributed by atoms with Gasteiger partial charge in [-0.1, -0.05) is 11.6 Å². The van der Waals surface area contributed by atoms with Crippen LogP contribution >= 0.6 is 11.6 Å². The number of anilines is 1. The van der Waals surface area contributed by atoms with Crippen LogP contribution in [0.5, 0.6) is 0 Å². The Morgan fingerprint density at radius 1 is 1.17 bits per heavy atom. The van der Waals surface area contributed by atoms with Crippen LogP contribution in [0.25, 0.3) is 0 Å². The number of hydrogen-bond acceptors (Lipinski definition) is 5. The number of hydrogen-bond donors (Lipinski definition) is 2. The topological polar surface area (TPSA) is 96.0 Å². The second-order valence-corrected chi connectivity index (χ2v) is 7.28. The highest BCUT2D eigenvalue weighted by Gasteiger charge is 2.38. The fourth-order valence-corrected chi connectivity index (χ4v) is 3.02. The summed E-state index contributed by atoms with van der Waals surface area (Å²) in [5, 5.41) is 15.2. The molecule has 2 aromatic rings. The van der Waals surface area contributed by atoms with Gasteiger partial charge in [0.05, 0.1) is 4.90 Å². The lowest BCUT2D eigenvalue weighted by molar-refractivity contribution is -0.0627. The average molecular weight is 370 g/mol. The molecule has 0 aromatic heterocycles. The van der Waals surface area contributed by atoms with Crippen LogP contribution < -0.4 is 10.0 Å². The zero-order valence-electron chi connectivity index (χ0n) is 12.2. The highest BCUT2D eigenvalue weighted by atomic mass is 35.5. The Morgan fingerprint density at radius 3 is 2.29 bits per heavy atom. The molecule has 24 heavy (non-hydrogen) atoms. The predicted octanol–water partition coefficient (Wildman–Crippen LogP) is 1.87. The molecule has 0 saturated heterocycles. The largest absolute Gasteiger partial charge is 0.342 e. The van der Waals surface area contributed by atoms with Crippen molar-refractivity contribution in [3.63, 3.8) is 0 Å². The summed E-state index contributed by atoms with van der Waals surface area (Å²) in [4.78, 5) is 5.07. The molecule has 1 aliphatic rings. The van der Waals surface area contributed by atoms with E-state index in [-0.39, 0.29) is 10.7 Å². The van der Waals surface area contributed by atoms with Gasteiger partial charge in [0.25, 0.3) is 0 Å². The lowest BCUT2D eigenvalue weighted by atomic mass is 10.2. The third-order valence-electron chi connectivity index (χ3n) is 3.47. The number of rotatable bonds is 3. The maximum atomic E-state index is 14.0. The van der Waals surface area contributed by atoms with Gasteiger partial charge in [-0.05, 0) is 48.5 Å². The maximum absolute atomic E-state index is 14.0. The Balaban J connectivity index is 2.00. The van der Waals surface area contributed by atoms with Gasteiger partial charge in [-0.25, -0.2) is 18.5 Å². The highest BCUT2D eigenvalue weighted by Crippen LogP contribution is 2.29. The molecule has 1 heterocycles. The molecule has 0 aliphatic carbocycles. The van der Waals surface area contributed by atoms with Crippen molar-refractivity contribution >= 4 is 33.1 Å². The highest BCUT2D eigenvalue weighted by molar-refractivity contribution is 7.89. The van der Waals surface area contributed by atoms with Crippen LogP contribution in [0.4, 0.5) is 10.1 Å². The van der Waals surface area contributed by atoms with Gasteiger partial charge in [0.15, 0.2) is 0 Å². The van der Waals surface area contributed by atoms with E-state index in [0.717, 1.165) is 0 Å². The molecule has 1 unspecified atom stereocenters. The van der Waals surface area contributed by atoms with Gasteiger partial charge >= 0.3 is 5.98 Å². The quantitative estimate of drug-likeness (QED) is 0.807. The SMILES string of the molecule is NS(=O)(=O)c1ccc(N2CC(O)(F)N=C2c2ccc(Cl)cc2)cc1. The third kappa shape index (κ3) is 3.41. The second-order valence-electron chi connectivity index (χ2n) is 5.29. The van der Waals surface area contributed by atoms with Gasteiger partial charge in [-0.15, -0.1) is 0 Å². The van der Waals surface area contributed by atoms with Crippen molar-refractivity contribution in [1.29, 1.82) is 0 Å². The minimum absolute atomic E-state index is 0.0639. The first-order chi connectivity index (χ1) is 11.2. The molecule has 6 nitrogen and oxygen atoms in total. The number of aliphatic hydroxyl groups is 1. The summed E-state index contributed by atoms with van der Waals surface area (Å²) < 4.78 is 36.6. The van der Waals surface area contributed by atoms with E-state index in [1.807, 2.05) is 0 Å². The third-order valence-corrected chi connectivity index (χ3v) is 4.65. The Kier molecular flexibility index (Phi) is 4.08. The fourth-order valence-electron chi connectivity index (χ4n) is 2.38. The van der Waals surface area contributed by atoms with Crippen LogP contribution in [0.15, 0.2) is 58.4 Å². The van der Waals surface area contributed by atoms with E-state index < -0.39 is 22.5 Å². The Bertz CT molecular complexity index is 897. The van der Waals surface area contributed by atoms with Crippen molar-refractivity contribution in [1.82, 2.24) is 0 Å². The summed E-state index contributed by atoms with van der Waals surface area (Å²) in [6.45, 7) is -0.417. The molecule has 0 amide bonds. The summed E-state index contributed by atoms with van der Waals surface area (Å²) in [7, 11) is -3.82. The number of aliphatic imine (C=N–C) groups is 1. The number of alkyl halides is 1. The Hall–Kier alpha value is -2.00. The van der Waals surface area contributed by atoms with Crippen LogP contribution in [0.3, 0.4) is 0 Å². The fraction of sp³-hybridized carbons (Fsp3) is 0.133. The van der Waals surface area contributed by atoms with E-state index in [0.29, 0.717) is 16.3 Å². The van der Waals surface area contributed by atoms with Crippen LogP contribution in [0.1, 0.15) is 5.56 Å². The first-order valence-corrected chi connectivity index (χ1v) is 8.76. The summed E-state index contributed by atoms with van der Waals surface area (Å²) in [6.07, 6.45) is 0. The normalized spacial score (nSPS) is 21.0. The summed E-state index contributed by atoms with van der Waals surface area (Å²) in [6, 6.07) is 12.1. The minimum Gasteiger partial charge on any atom is -0.342 e. The maximum Gasteiger partial charge on any atom is 0.324 e. The van der Waals surface area contributed by atoms with E-state index in [2.05, 4.69) is 4.99 Å². The summed E-state index contributed by atoms with van der Waals surface area (Å²) >= 11 is 5.84. The van der Waals surface area contributed by atoms with Crippen LogP contribution in [-0.4, -0.2) is 31.9 Å². The molecule has 0 bridgehead atoms. The zero-order valence-corrected chi connectivity index (χ0v) is 13.8.